The smallest absolute Gasteiger partial charge is 0.387 e. The normalized spacial score (nSPS) is 11.7. The van der Waals surface area contributed by atoms with Crippen LogP contribution in [0.3, 0.4) is 0 Å². The highest BCUT2D eigenvalue weighted by Gasteiger charge is 2.38. The van der Waals surface area contributed by atoms with Gasteiger partial charge in [-0.15, -0.1) is 13.2 Å². The third kappa shape index (κ3) is 3.02. The predicted octanol–water partition coefficient (Wildman–Crippen LogP) is 3.13. The fourth-order valence-corrected chi connectivity index (χ4v) is 1.23. The zero-order valence-electron chi connectivity index (χ0n) is 8.66. The second-order valence-electron chi connectivity index (χ2n) is 3.11. The Kier molecular flexibility index (Phi) is 3.67. The Bertz CT molecular complexity index is 475. The van der Waals surface area contributed by atoms with Crippen molar-refractivity contribution in [3.63, 3.8) is 0 Å². The first-order valence-electron chi connectivity index (χ1n) is 4.31. The molecular weight excluding hydrogens is 267 g/mol. The average Bonchev–Trinajstić information content (AvgIpc) is 2.17. The number of hydrogen-bond acceptors (Lipinski definition) is 4. The largest absolute Gasteiger partial charge is 0.574 e. The molecule has 0 unspecified atom stereocenters. The molecule has 0 fully saturated rings. The minimum absolute atomic E-state index is 0.287. The Morgan fingerprint density at radius 2 is 2.00 bits per heavy atom. The number of nitrogens with zero attached hydrogens (tertiary/aromatic N) is 2. The van der Waals surface area contributed by atoms with E-state index < -0.39 is 34.8 Å². The average molecular weight is 272 g/mol. The van der Waals surface area contributed by atoms with Gasteiger partial charge >= 0.3 is 6.36 Å². The van der Waals surface area contributed by atoms with Crippen LogP contribution < -0.4 is 4.74 Å². The fraction of sp³-hybridized carbons (Fsp3) is 0.375. The standard InChI is InChI=1S/C8H5F5N2O3/c1-3-2-14-7(18-8(11,12)13)4(6(9)10)5(3)15(16)17/h2,6H,1H3. The van der Waals surface area contributed by atoms with Gasteiger partial charge in [0.1, 0.15) is 0 Å². The molecule has 0 saturated heterocycles. The second-order valence-corrected chi connectivity index (χ2v) is 3.11. The van der Waals surface area contributed by atoms with Crippen LogP contribution in [0.5, 0.6) is 5.88 Å². The van der Waals surface area contributed by atoms with E-state index >= 15 is 0 Å². The van der Waals surface area contributed by atoms with Gasteiger partial charge in [-0.2, -0.15) is 0 Å². The Morgan fingerprint density at radius 1 is 1.44 bits per heavy atom. The third-order valence-electron chi connectivity index (χ3n) is 1.85. The number of hydrogen-bond donors (Lipinski definition) is 0. The molecule has 1 aromatic rings. The molecule has 1 heterocycles. The maximum atomic E-state index is 12.6. The number of alkyl halides is 5. The second kappa shape index (κ2) is 4.70. The lowest BCUT2D eigenvalue weighted by atomic mass is 10.1. The topological polar surface area (TPSA) is 65.3 Å². The lowest BCUT2D eigenvalue weighted by Gasteiger charge is -2.12. The first-order chi connectivity index (χ1) is 8.13. The number of ether oxygens (including phenoxy) is 1. The summed E-state index contributed by atoms with van der Waals surface area (Å²) in [6, 6.07) is 0. The van der Waals surface area contributed by atoms with E-state index in [1.807, 2.05) is 0 Å². The van der Waals surface area contributed by atoms with Gasteiger partial charge in [0.25, 0.3) is 12.1 Å². The van der Waals surface area contributed by atoms with Crippen LogP contribution in [0.1, 0.15) is 17.6 Å². The molecule has 0 N–H and O–H groups in total. The lowest BCUT2D eigenvalue weighted by molar-refractivity contribution is -0.387. The Balaban J connectivity index is 3.44. The summed E-state index contributed by atoms with van der Waals surface area (Å²) in [4.78, 5) is 12.4. The highest BCUT2D eigenvalue weighted by molar-refractivity contribution is 5.51. The number of aryl methyl sites for hydroxylation is 1. The van der Waals surface area contributed by atoms with Crippen molar-refractivity contribution in [1.82, 2.24) is 4.98 Å². The van der Waals surface area contributed by atoms with E-state index in [-0.39, 0.29) is 5.56 Å². The van der Waals surface area contributed by atoms with Crippen LogP contribution in [0.2, 0.25) is 0 Å². The Hall–Kier alpha value is -2.00. The molecule has 0 aliphatic carbocycles. The van der Waals surface area contributed by atoms with E-state index in [1.54, 1.807) is 0 Å². The fourth-order valence-electron chi connectivity index (χ4n) is 1.23. The SMILES string of the molecule is Cc1cnc(OC(F)(F)F)c(C(F)F)c1[N+](=O)[O-]. The van der Waals surface area contributed by atoms with E-state index in [0.717, 1.165) is 6.92 Å². The Labute approximate surface area is 96.3 Å². The zero-order chi connectivity index (χ0) is 14.1. The van der Waals surface area contributed by atoms with Crippen molar-refractivity contribution in [1.29, 1.82) is 0 Å². The van der Waals surface area contributed by atoms with Crippen molar-refractivity contribution in [2.24, 2.45) is 0 Å². The molecule has 0 spiro atoms. The van der Waals surface area contributed by atoms with Gasteiger partial charge in [0.15, 0.2) is 5.56 Å². The van der Waals surface area contributed by atoms with Gasteiger partial charge in [0, 0.05) is 11.8 Å². The summed E-state index contributed by atoms with van der Waals surface area (Å²) in [5.41, 5.74) is -2.92. The van der Waals surface area contributed by atoms with Crippen molar-refractivity contribution >= 4 is 5.69 Å². The van der Waals surface area contributed by atoms with Gasteiger partial charge in [-0.25, -0.2) is 13.8 Å². The quantitative estimate of drug-likeness (QED) is 0.481. The van der Waals surface area contributed by atoms with Crippen molar-refractivity contribution < 1.29 is 31.6 Å². The van der Waals surface area contributed by atoms with Crippen molar-refractivity contribution in [3.8, 4) is 5.88 Å². The summed E-state index contributed by atoms with van der Waals surface area (Å²) in [7, 11) is 0. The summed E-state index contributed by atoms with van der Waals surface area (Å²) in [6.07, 6.45) is -8.12. The third-order valence-corrected chi connectivity index (χ3v) is 1.85. The molecule has 1 aromatic heterocycles. The van der Waals surface area contributed by atoms with Gasteiger partial charge in [-0.3, -0.25) is 10.1 Å². The molecule has 0 amide bonds. The molecular formula is C8H5F5N2O3. The van der Waals surface area contributed by atoms with E-state index in [2.05, 4.69) is 9.72 Å². The predicted molar refractivity (Wildman–Crippen MR) is 47.3 cm³/mol. The maximum absolute atomic E-state index is 12.6. The molecule has 100 valence electrons. The molecule has 10 heteroatoms. The number of halogens is 5. The summed E-state index contributed by atoms with van der Waals surface area (Å²) in [6.45, 7) is 1.08. The van der Waals surface area contributed by atoms with Gasteiger partial charge < -0.3 is 4.74 Å². The minimum Gasteiger partial charge on any atom is -0.387 e. The molecule has 0 aliphatic heterocycles. The molecule has 0 aliphatic rings. The van der Waals surface area contributed by atoms with Gasteiger partial charge in [0.05, 0.1) is 4.92 Å². The molecule has 0 atom stereocenters. The van der Waals surface area contributed by atoms with Gasteiger partial charge in [-0.05, 0) is 6.92 Å². The molecule has 0 aromatic carbocycles. The molecule has 5 nitrogen and oxygen atoms in total. The summed E-state index contributed by atoms with van der Waals surface area (Å²) >= 11 is 0. The van der Waals surface area contributed by atoms with Crippen LogP contribution >= 0.6 is 0 Å². The number of pyridine rings is 1. The van der Waals surface area contributed by atoms with Crippen molar-refractivity contribution in [3.05, 3.63) is 27.4 Å². The maximum Gasteiger partial charge on any atom is 0.574 e. The van der Waals surface area contributed by atoms with E-state index in [1.165, 1.54) is 0 Å². The van der Waals surface area contributed by atoms with Crippen LogP contribution in [0, 0.1) is 17.0 Å². The van der Waals surface area contributed by atoms with Crippen LogP contribution in [0.15, 0.2) is 6.20 Å². The first-order valence-corrected chi connectivity index (χ1v) is 4.31. The van der Waals surface area contributed by atoms with Gasteiger partial charge in [-0.1, -0.05) is 0 Å². The summed E-state index contributed by atoms with van der Waals surface area (Å²) in [5.74, 6) is -1.52. The molecule has 1 rings (SSSR count). The highest BCUT2D eigenvalue weighted by atomic mass is 19.4. The molecule has 0 radical (unpaired) electrons. The Morgan fingerprint density at radius 3 is 2.39 bits per heavy atom. The van der Waals surface area contributed by atoms with Crippen molar-refractivity contribution in [2.45, 2.75) is 19.7 Å². The zero-order valence-corrected chi connectivity index (χ0v) is 8.66. The molecule has 0 saturated carbocycles. The van der Waals surface area contributed by atoms with E-state index in [0.29, 0.717) is 6.20 Å². The number of rotatable bonds is 3. The molecule has 0 bridgehead atoms. The van der Waals surface area contributed by atoms with Crippen LogP contribution in [-0.2, 0) is 0 Å². The lowest BCUT2D eigenvalue weighted by Crippen LogP contribution is -2.19. The number of aromatic nitrogens is 1. The van der Waals surface area contributed by atoms with Crippen LogP contribution in [-0.4, -0.2) is 16.3 Å². The van der Waals surface area contributed by atoms with Crippen molar-refractivity contribution in [2.75, 3.05) is 0 Å². The van der Waals surface area contributed by atoms with Gasteiger partial charge in [0.2, 0.25) is 5.88 Å². The highest BCUT2D eigenvalue weighted by Crippen LogP contribution is 2.39. The monoisotopic (exact) mass is 272 g/mol. The van der Waals surface area contributed by atoms with E-state index in [9.17, 15) is 32.1 Å². The number of nitro groups is 1. The van der Waals surface area contributed by atoms with Crippen LogP contribution in [0.4, 0.5) is 27.6 Å². The minimum atomic E-state index is -5.26. The first kappa shape index (κ1) is 14.1. The van der Waals surface area contributed by atoms with Crippen LogP contribution in [0.25, 0.3) is 0 Å². The summed E-state index contributed by atoms with van der Waals surface area (Å²) < 4.78 is 64.3. The molecule has 18 heavy (non-hydrogen) atoms. The van der Waals surface area contributed by atoms with E-state index in [4.69, 9.17) is 0 Å². The summed E-state index contributed by atoms with van der Waals surface area (Å²) in [5, 5.41) is 10.6.